The third kappa shape index (κ3) is 4.24. The van der Waals surface area contributed by atoms with E-state index in [0.29, 0.717) is 29.8 Å². The maximum atomic E-state index is 12.9. The standard InChI is InChI=1S/C20H26N2O4S2/c1-15-8-4-5-9-18(15)14-21-28(25,26)20-13-16(2)19(12-17(20)3)22-10-6-7-11-27(22,23)24/h4-5,8-9,12-13,21H,6-7,10-11,14H2,1-3H3. The SMILES string of the molecule is Cc1ccccc1CNS(=O)(=O)c1cc(C)c(N2CCCCS2(=O)=O)cc1C. The second kappa shape index (κ2) is 7.85. The van der Waals surface area contributed by atoms with Gasteiger partial charge in [0.05, 0.1) is 16.3 Å². The highest BCUT2D eigenvalue weighted by atomic mass is 32.2. The first-order valence-electron chi connectivity index (χ1n) is 9.28. The van der Waals surface area contributed by atoms with E-state index in [1.54, 1.807) is 26.0 Å². The van der Waals surface area contributed by atoms with Crippen LogP contribution in [0.2, 0.25) is 0 Å². The van der Waals surface area contributed by atoms with Crippen molar-refractivity contribution in [1.82, 2.24) is 4.72 Å². The van der Waals surface area contributed by atoms with Gasteiger partial charge in [-0.25, -0.2) is 21.6 Å². The van der Waals surface area contributed by atoms with Gasteiger partial charge in [0.15, 0.2) is 0 Å². The van der Waals surface area contributed by atoms with Gasteiger partial charge in [-0.15, -0.1) is 0 Å². The molecule has 0 atom stereocenters. The van der Waals surface area contributed by atoms with Gasteiger partial charge in [-0.2, -0.15) is 0 Å². The molecule has 1 aliphatic rings. The Morgan fingerprint density at radius 1 is 1.00 bits per heavy atom. The van der Waals surface area contributed by atoms with Crippen LogP contribution in [0.1, 0.15) is 35.1 Å². The molecule has 152 valence electrons. The van der Waals surface area contributed by atoms with Gasteiger partial charge in [-0.1, -0.05) is 24.3 Å². The Morgan fingerprint density at radius 2 is 1.71 bits per heavy atom. The molecule has 0 radical (unpaired) electrons. The number of nitrogens with zero attached hydrogens (tertiary/aromatic N) is 1. The molecule has 0 saturated carbocycles. The smallest absolute Gasteiger partial charge is 0.241 e. The van der Waals surface area contributed by atoms with Crippen molar-refractivity contribution in [2.75, 3.05) is 16.6 Å². The van der Waals surface area contributed by atoms with Crippen molar-refractivity contribution in [3.05, 3.63) is 58.7 Å². The molecule has 1 aliphatic heterocycles. The van der Waals surface area contributed by atoms with Crippen LogP contribution in [0.3, 0.4) is 0 Å². The Labute approximate surface area is 167 Å². The van der Waals surface area contributed by atoms with Gasteiger partial charge >= 0.3 is 0 Å². The molecule has 28 heavy (non-hydrogen) atoms. The average Bonchev–Trinajstić information content (AvgIpc) is 2.62. The van der Waals surface area contributed by atoms with E-state index in [9.17, 15) is 16.8 Å². The second-order valence-electron chi connectivity index (χ2n) is 7.25. The number of aryl methyl sites for hydroxylation is 3. The molecule has 0 amide bonds. The molecule has 1 N–H and O–H groups in total. The zero-order valence-corrected chi connectivity index (χ0v) is 18.0. The van der Waals surface area contributed by atoms with Crippen LogP contribution in [0, 0.1) is 20.8 Å². The summed E-state index contributed by atoms with van der Waals surface area (Å²) in [4.78, 5) is 0.178. The Bertz CT molecular complexity index is 1090. The molecule has 1 fully saturated rings. The number of nitrogens with one attached hydrogen (secondary N) is 1. The predicted octanol–water partition coefficient (Wildman–Crippen LogP) is 3.02. The van der Waals surface area contributed by atoms with Crippen molar-refractivity contribution < 1.29 is 16.8 Å². The molecule has 2 aromatic carbocycles. The van der Waals surface area contributed by atoms with E-state index in [1.807, 2.05) is 31.2 Å². The second-order valence-corrected chi connectivity index (χ2v) is 11.0. The van der Waals surface area contributed by atoms with Gasteiger partial charge in [0.25, 0.3) is 0 Å². The summed E-state index contributed by atoms with van der Waals surface area (Å²) in [6.07, 6.45) is 1.46. The fourth-order valence-corrected chi connectivity index (χ4v) is 6.46. The summed E-state index contributed by atoms with van der Waals surface area (Å²) in [7, 11) is -7.07. The summed E-state index contributed by atoms with van der Waals surface area (Å²) in [5.41, 5.74) is 3.65. The van der Waals surface area contributed by atoms with E-state index < -0.39 is 20.0 Å². The van der Waals surface area contributed by atoms with Gasteiger partial charge in [0.1, 0.15) is 0 Å². The molecular formula is C20H26N2O4S2. The topological polar surface area (TPSA) is 83.6 Å². The van der Waals surface area contributed by atoms with Crippen LogP contribution in [-0.2, 0) is 26.6 Å². The van der Waals surface area contributed by atoms with Crippen molar-refractivity contribution >= 4 is 25.7 Å². The van der Waals surface area contributed by atoms with Crippen LogP contribution in [0.15, 0.2) is 41.3 Å². The average molecular weight is 423 g/mol. The Hall–Kier alpha value is -1.90. The number of hydrogen-bond acceptors (Lipinski definition) is 4. The van der Waals surface area contributed by atoms with Crippen molar-refractivity contribution in [2.45, 2.75) is 45.1 Å². The quantitative estimate of drug-likeness (QED) is 0.803. The lowest BCUT2D eigenvalue weighted by Crippen LogP contribution is -2.38. The van der Waals surface area contributed by atoms with Crippen molar-refractivity contribution in [2.24, 2.45) is 0 Å². The molecule has 6 nitrogen and oxygen atoms in total. The van der Waals surface area contributed by atoms with E-state index in [1.165, 1.54) is 4.31 Å². The first-order chi connectivity index (χ1) is 13.1. The van der Waals surface area contributed by atoms with Crippen LogP contribution in [-0.4, -0.2) is 29.1 Å². The first kappa shape index (κ1) is 20.8. The predicted molar refractivity (Wildman–Crippen MR) is 111 cm³/mol. The molecule has 0 unspecified atom stereocenters. The minimum atomic E-state index is -3.72. The number of rotatable bonds is 5. The van der Waals surface area contributed by atoms with Crippen LogP contribution in [0.5, 0.6) is 0 Å². The zero-order chi connectivity index (χ0) is 20.5. The summed E-state index contributed by atoms with van der Waals surface area (Å²) >= 11 is 0. The summed E-state index contributed by atoms with van der Waals surface area (Å²) in [6, 6.07) is 10.8. The lowest BCUT2D eigenvalue weighted by molar-refractivity contribution is 0.574. The Morgan fingerprint density at radius 3 is 2.39 bits per heavy atom. The normalized spacial score (nSPS) is 16.9. The number of hydrogen-bond donors (Lipinski definition) is 1. The number of anilines is 1. The van der Waals surface area contributed by atoms with Gasteiger partial charge in [-0.3, -0.25) is 4.31 Å². The van der Waals surface area contributed by atoms with Gasteiger partial charge < -0.3 is 0 Å². The Balaban J connectivity index is 1.90. The largest absolute Gasteiger partial charge is 0.270 e. The van der Waals surface area contributed by atoms with E-state index in [2.05, 4.69) is 4.72 Å². The van der Waals surface area contributed by atoms with E-state index in [0.717, 1.165) is 17.5 Å². The van der Waals surface area contributed by atoms with Crippen LogP contribution in [0.4, 0.5) is 5.69 Å². The summed E-state index contributed by atoms with van der Waals surface area (Å²) < 4.78 is 54.6. The highest BCUT2D eigenvalue weighted by molar-refractivity contribution is 7.92. The maximum Gasteiger partial charge on any atom is 0.241 e. The molecule has 8 heteroatoms. The first-order valence-corrected chi connectivity index (χ1v) is 12.4. The van der Waals surface area contributed by atoms with E-state index in [-0.39, 0.29) is 17.2 Å². The third-order valence-electron chi connectivity index (χ3n) is 5.11. The molecule has 0 aliphatic carbocycles. The molecule has 3 rings (SSSR count). The summed E-state index contributed by atoms with van der Waals surface area (Å²) in [5.74, 6) is 0.128. The van der Waals surface area contributed by atoms with Crippen molar-refractivity contribution in [1.29, 1.82) is 0 Å². The highest BCUT2D eigenvalue weighted by Crippen LogP contribution is 2.31. The fraction of sp³-hybridized carbons (Fsp3) is 0.400. The number of benzene rings is 2. The third-order valence-corrected chi connectivity index (χ3v) is 8.51. The minimum Gasteiger partial charge on any atom is -0.270 e. The van der Waals surface area contributed by atoms with Crippen molar-refractivity contribution in [3.63, 3.8) is 0 Å². The van der Waals surface area contributed by atoms with Crippen LogP contribution in [0.25, 0.3) is 0 Å². The lowest BCUT2D eigenvalue weighted by atomic mass is 10.1. The van der Waals surface area contributed by atoms with Gasteiger partial charge in [0.2, 0.25) is 20.0 Å². The molecule has 0 bridgehead atoms. The zero-order valence-electron chi connectivity index (χ0n) is 16.4. The van der Waals surface area contributed by atoms with Gasteiger partial charge in [-0.05, 0) is 68.0 Å². The van der Waals surface area contributed by atoms with Gasteiger partial charge in [0, 0.05) is 13.1 Å². The van der Waals surface area contributed by atoms with Crippen LogP contribution >= 0.6 is 0 Å². The molecule has 2 aromatic rings. The molecule has 1 heterocycles. The monoisotopic (exact) mass is 422 g/mol. The van der Waals surface area contributed by atoms with E-state index in [4.69, 9.17) is 0 Å². The fourth-order valence-electron chi connectivity index (χ4n) is 3.45. The summed E-state index contributed by atoms with van der Waals surface area (Å²) in [5, 5.41) is 0. The maximum absolute atomic E-state index is 12.9. The summed E-state index contributed by atoms with van der Waals surface area (Å²) in [6.45, 7) is 6.02. The molecule has 1 saturated heterocycles. The molecule has 0 spiro atoms. The lowest BCUT2D eigenvalue weighted by Gasteiger charge is -2.30. The van der Waals surface area contributed by atoms with Crippen LogP contribution < -0.4 is 9.03 Å². The number of sulfonamides is 2. The highest BCUT2D eigenvalue weighted by Gasteiger charge is 2.28. The molecular weight excluding hydrogens is 396 g/mol. The van der Waals surface area contributed by atoms with Crippen molar-refractivity contribution in [3.8, 4) is 0 Å². The minimum absolute atomic E-state index is 0.128. The Kier molecular flexibility index (Phi) is 5.84. The molecule has 0 aromatic heterocycles. The van der Waals surface area contributed by atoms with E-state index >= 15 is 0 Å².